The molecule has 19 heavy (non-hydrogen) atoms. The molecule has 0 bridgehead atoms. The zero-order valence-corrected chi connectivity index (χ0v) is 13.1. The molecule has 0 aliphatic heterocycles. The maximum atomic E-state index is 5.89. The lowest BCUT2D eigenvalue weighted by Crippen LogP contribution is -2.30. The van der Waals surface area contributed by atoms with Gasteiger partial charge in [0.1, 0.15) is 0 Å². The zero-order valence-electron chi connectivity index (χ0n) is 11.5. The number of halogens is 1. The monoisotopic (exact) mass is 294 g/mol. The Morgan fingerprint density at radius 3 is 2.53 bits per heavy atom. The Morgan fingerprint density at radius 1 is 1.26 bits per heavy atom. The van der Waals surface area contributed by atoms with Crippen LogP contribution in [0.15, 0.2) is 29.6 Å². The van der Waals surface area contributed by atoms with Gasteiger partial charge in [0, 0.05) is 22.5 Å². The summed E-state index contributed by atoms with van der Waals surface area (Å²) >= 11 is 7.59. The zero-order chi connectivity index (χ0) is 13.8. The van der Waals surface area contributed by atoms with Gasteiger partial charge in [-0.3, -0.25) is 0 Å². The molecule has 1 aromatic heterocycles. The summed E-state index contributed by atoms with van der Waals surface area (Å²) in [6.45, 7) is 6.40. The van der Waals surface area contributed by atoms with Gasteiger partial charge in [0.2, 0.25) is 0 Å². The molecular weight excluding hydrogens is 276 g/mol. The highest BCUT2D eigenvalue weighted by Crippen LogP contribution is 2.17. The average Bonchev–Trinajstić information content (AvgIpc) is 2.79. The predicted molar refractivity (Wildman–Crippen MR) is 83.0 cm³/mol. The second-order valence-electron chi connectivity index (χ2n) is 4.91. The van der Waals surface area contributed by atoms with Crippen molar-refractivity contribution in [2.45, 2.75) is 39.3 Å². The topological polar surface area (TPSA) is 24.9 Å². The number of benzene rings is 1. The van der Waals surface area contributed by atoms with Crippen LogP contribution in [0.25, 0.3) is 0 Å². The van der Waals surface area contributed by atoms with E-state index in [2.05, 4.69) is 41.7 Å². The van der Waals surface area contributed by atoms with E-state index in [9.17, 15) is 0 Å². The molecule has 4 heteroatoms. The number of aryl methyl sites for hydroxylation is 1. The van der Waals surface area contributed by atoms with Crippen LogP contribution in [0, 0.1) is 6.92 Å². The third kappa shape index (κ3) is 4.30. The fraction of sp³-hybridized carbons (Fsp3) is 0.400. The molecule has 102 valence electrons. The maximum Gasteiger partial charge on any atom is 0.0898 e. The van der Waals surface area contributed by atoms with E-state index in [0.717, 1.165) is 22.1 Å². The summed E-state index contributed by atoms with van der Waals surface area (Å²) in [7, 11) is 0. The van der Waals surface area contributed by atoms with Gasteiger partial charge in [0.25, 0.3) is 0 Å². The van der Waals surface area contributed by atoms with Gasteiger partial charge < -0.3 is 5.32 Å². The second kappa shape index (κ2) is 6.51. The fourth-order valence-corrected chi connectivity index (χ4v) is 2.96. The molecule has 1 heterocycles. The number of hydrogen-bond acceptors (Lipinski definition) is 3. The molecule has 0 amide bonds. The van der Waals surface area contributed by atoms with Gasteiger partial charge in [-0.15, -0.1) is 11.3 Å². The minimum absolute atomic E-state index is 0.284. The van der Waals surface area contributed by atoms with Crippen LogP contribution < -0.4 is 5.32 Å². The van der Waals surface area contributed by atoms with Crippen LogP contribution in [0.3, 0.4) is 0 Å². The van der Waals surface area contributed by atoms with Crippen molar-refractivity contribution in [1.29, 1.82) is 0 Å². The van der Waals surface area contributed by atoms with Crippen LogP contribution in [-0.2, 0) is 6.42 Å². The van der Waals surface area contributed by atoms with Crippen molar-refractivity contribution in [3.63, 3.8) is 0 Å². The lowest BCUT2D eigenvalue weighted by Gasteiger charge is -2.18. The SMILES string of the molecule is Cc1nc(C(C)NC(C)Cc2ccc(Cl)cc2)cs1. The number of aromatic nitrogens is 1. The van der Waals surface area contributed by atoms with Gasteiger partial charge in [-0.25, -0.2) is 4.98 Å². The van der Waals surface area contributed by atoms with E-state index in [1.54, 1.807) is 11.3 Å². The number of hydrogen-bond donors (Lipinski definition) is 1. The predicted octanol–water partition coefficient (Wildman–Crippen LogP) is 4.39. The van der Waals surface area contributed by atoms with Gasteiger partial charge in [-0.05, 0) is 44.9 Å². The van der Waals surface area contributed by atoms with E-state index in [1.807, 2.05) is 19.1 Å². The summed E-state index contributed by atoms with van der Waals surface area (Å²) in [5.74, 6) is 0. The fourth-order valence-electron chi connectivity index (χ4n) is 2.12. The Morgan fingerprint density at radius 2 is 1.95 bits per heavy atom. The summed E-state index contributed by atoms with van der Waals surface area (Å²) in [6.07, 6.45) is 0.991. The highest BCUT2D eigenvalue weighted by atomic mass is 35.5. The smallest absolute Gasteiger partial charge is 0.0898 e. The van der Waals surface area contributed by atoms with Crippen molar-refractivity contribution >= 4 is 22.9 Å². The molecule has 1 N–H and O–H groups in total. The first-order chi connectivity index (χ1) is 9.04. The third-order valence-corrected chi connectivity index (χ3v) is 4.11. The van der Waals surface area contributed by atoms with Crippen LogP contribution in [0.2, 0.25) is 5.02 Å². The van der Waals surface area contributed by atoms with Crippen LogP contribution in [0.1, 0.15) is 36.2 Å². The van der Waals surface area contributed by atoms with Gasteiger partial charge >= 0.3 is 0 Å². The lowest BCUT2D eigenvalue weighted by atomic mass is 10.1. The normalized spacial score (nSPS) is 14.3. The van der Waals surface area contributed by atoms with Gasteiger partial charge in [0.15, 0.2) is 0 Å². The van der Waals surface area contributed by atoms with Crippen LogP contribution in [0.5, 0.6) is 0 Å². The van der Waals surface area contributed by atoms with Crippen molar-refractivity contribution in [3.8, 4) is 0 Å². The highest BCUT2D eigenvalue weighted by molar-refractivity contribution is 7.09. The van der Waals surface area contributed by atoms with Gasteiger partial charge in [-0.1, -0.05) is 23.7 Å². The maximum absolute atomic E-state index is 5.89. The number of rotatable bonds is 5. The molecule has 0 saturated heterocycles. The standard InChI is InChI=1S/C15H19ClN2S/c1-10(8-13-4-6-14(16)7-5-13)17-11(2)15-9-19-12(3)18-15/h4-7,9-11,17H,8H2,1-3H3. The Bertz CT molecular complexity index is 521. The molecule has 2 unspecified atom stereocenters. The van der Waals surface area contributed by atoms with Crippen molar-refractivity contribution in [3.05, 3.63) is 50.9 Å². The molecule has 0 fully saturated rings. The number of nitrogens with one attached hydrogen (secondary N) is 1. The highest BCUT2D eigenvalue weighted by Gasteiger charge is 2.12. The Balaban J connectivity index is 1.90. The minimum Gasteiger partial charge on any atom is -0.306 e. The first kappa shape index (κ1) is 14.5. The van der Waals surface area contributed by atoms with E-state index < -0.39 is 0 Å². The van der Waals surface area contributed by atoms with E-state index in [1.165, 1.54) is 5.56 Å². The minimum atomic E-state index is 0.284. The molecule has 2 nitrogen and oxygen atoms in total. The molecule has 2 aromatic rings. The third-order valence-electron chi connectivity index (χ3n) is 3.07. The molecule has 2 atom stereocenters. The van der Waals surface area contributed by atoms with Gasteiger partial charge in [-0.2, -0.15) is 0 Å². The molecule has 0 radical (unpaired) electrons. The summed E-state index contributed by atoms with van der Waals surface area (Å²) in [5, 5.41) is 7.62. The molecule has 1 aromatic carbocycles. The Kier molecular flexibility index (Phi) is 4.97. The van der Waals surface area contributed by atoms with Crippen LogP contribution in [-0.4, -0.2) is 11.0 Å². The van der Waals surface area contributed by atoms with Crippen LogP contribution >= 0.6 is 22.9 Å². The molecule has 0 aliphatic carbocycles. The summed E-state index contributed by atoms with van der Waals surface area (Å²) < 4.78 is 0. The summed E-state index contributed by atoms with van der Waals surface area (Å²) in [5.41, 5.74) is 2.43. The van der Waals surface area contributed by atoms with Crippen LogP contribution in [0.4, 0.5) is 0 Å². The Hall–Kier alpha value is -0.900. The Labute approximate surface area is 123 Å². The first-order valence-electron chi connectivity index (χ1n) is 6.47. The van der Waals surface area contributed by atoms with Gasteiger partial charge in [0.05, 0.1) is 10.7 Å². The summed E-state index contributed by atoms with van der Waals surface area (Å²) in [6, 6.07) is 8.73. The van der Waals surface area contributed by atoms with E-state index in [0.29, 0.717) is 6.04 Å². The quantitative estimate of drug-likeness (QED) is 0.885. The molecule has 0 saturated carbocycles. The molecule has 0 spiro atoms. The lowest BCUT2D eigenvalue weighted by molar-refractivity contribution is 0.471. The second-order valence-corrected chi connectivity index (χ2v) is 6.41. The van der Waals surface area contributed by atoms with E-state index in [4.69, 9.17) is 11.6 Å². The molecular formula is C15H19ClN2S. The molecule has 0 aliphatic rings. The van der Waals surface area contributed by atoms with E-state index >= 15 is 0 Å². The first-order valence-corrected chi connectivity index (χ1v) is 7.73. The summed E-state index contributed by atoms with van der Waals surface area (Å²) in [4.78, 5) is 4.52. The largest absolute Gasteiger partial charge is 0.306 e. The average molecular weight is 295 g/mol. The molecule has 2 rings (SSSR count). The van der Waals surface area contributed by atoms with Crippen molar-refractivity contribution in [1.82, 2.24) is 10.3 Å². The van der Waals surface area contributed by atoms with Crippen molar-refractivity contribution in [2.75, 3.05) is 0 Å². The van der Waals surface area contributed by atoms with Crippen molar-refractivity contribution < 1.29 is 0 Å². The van der Waals surface area contributed by atoms with E-state index in [-0.39, 0.29) is 6.04 Å². The van der Waals surface area contributed by atoms with Crippen molar-refractivity contribution in [2.24, 2.45) is 0 Å². The number of thiazole rings is 1. The number of nitrogens with zero attached hydrogens (tertiary/aromatic N) is 1.